The van der Waals surface area contributed by atoms with Crippen LogP contribution in [0.1, 0.15) is 27.6 Å². The molecule has 3 aromatic rings. The third-order valence-corrected chi connectivity index (χ3v) is 5.76. The van der Waals surface area contributed by atoms with Gasteiger partial charge in [-0.25, -0.2) is 0 Å². The standard InChI is InChI=1S/C22H18N2O2S/c23-14-17-8-4-5-9-19(17)26-15-21(25)24-12-10-20-18(11-13-27-20)22(24)16-6-2-1-3-7-16/h1-9,11,13,22H,10,12,15H2/t22-/m1/s1. The van der Waals surface area contributed by atoms with Crippen LogP contribution in [0.2, 0.25) is 0 Å². The van der Waals surface area contributed by atoms with E-state index < -0.39 is 0 Å². The topological polar surface area (TPSA) is 53.3 Å². The number of benzene rings is 2. The van der Waals surface area contributed by atoms with E-state index in [2.05, 4.69) is 29.6 Å². The highest BCUT2D eigenvalue weighted by Crippen LogP contribution is 2.37. The molecule has 1 amide bonds. The lowest BCUT2D eigenvalue weighted by molar-refractivity contribution is -0.135. The van der Waals surface area contributed by atoms with Crippen molar-refractivity contribution in [2.75, 3.05) is 13.2 Å². The molecule has 4 rings (SSSR count). The summed E-state index contributed by atoms with van der Waals surface area (Å²) in [5.74, 6) is 0.367. The molecule has 2 heterocycles. The van der Waals surface area contributed by atoms with Crippen LogP contribution in [0.5, 0.6) is 5.75 Å². The molecule has 0 bridgehead atoms. The highest BCUT2D eigenvalue weighted by atomic mass is 32.1. The van der Waals surface area contributed by atoms with Crippen LogP contribution in [-0.4, -0.2) is 24.0 Å². The second kappa shape index (κ2) is 7.65. The molecule has 1 atom stereocenters. The van der Waals surface area contributed by atoms with Crippen molar-refractivity contribution in [1.29, 1.82) is 5.26 Å². The maximum absolute atomic E-state index is 13.0. The Morgan fingerprint density at radius 2 is 1.93 bits per heavy atom. The lowest BCUT2D eigenvalue weighted by atomic mass is 9.93. The third kappa shape index (κ3) is 3.44. The Balaban J connectivity index is 1.58. The molecule has 2 aromatic carbocycles. The first-order valence-corrected chi connectivity index (χ1v) is 9.68. The third-order valence-electron chi connectivity index (χ3n) is 4.76. The lowest BCUT2D eigenvalue weighted by Gasteiger charge is -2.36. The highest BCUT2D eigenvalue weighted by molar-refractivity contribution is 7.10. The predicted octanol–water partition coefficient (Wildman–Crippen LogP) is 4.17. The number of amides is 1. The lowest BCUT2D eigenvalue weighted by Crippen LogP contribution is -2.42. The molecular formula is C22H18N2O2S. The minimum atomic E-state index is -0.0940. The summed E-state index contributed by atoms with van der Waals surface area (Å²) in [6.45, 7) is 0.580. The maximum atomic E-state index is 13.0. The van der Waals surface area contributed by atoms with E-state index in [-0.39, 0.29) is 18.6 Å². The molecule has 1 aromatic heterocycles. The molecule has 0 fully saturated rings. The van der Waals surface area contributed by atoms with Gasteiger partial charge in [0.15, 0.2) is 6.61 Å². The SMILES string of the molecule is N#Cc1ccccc1OCC(=O)N1CCc2sccc2[C@H]1c1ccccc1. The summed E-state index contributed by atoms with van der Waals surface area (Å²) in [6, 6.07) is 21.2. The summed E-state index contributed by atoms with van der Waals surface area (Å²) in [7, 11) is 0. The molecular weight excluding hydrogens is 356 g/mol. The molecule has 0 radical (unpaired) electrons. The number of ether oxygens (including phenoxy) is 1. The van der Waals surface area contributed by atoms with E-state index in [0.29, 0.717) is 17.9 Å². The van der Waals surface area contributed by atoms with Gasteiger partial charge in [-0.2, -0.15) is 5.26 Å². The van der Waals surface area contributed by atoms with E-state index in [9.17, 15) is 10.1 Å². The fraction of sp³-hybridized carbons (Fsp3) is 0.182. The largest absolute Gasteiger partial charge is 0.482 e. The van der Waals surface area contributed by atoms with Crippen molar-refractivity contribution < 1.29 is 9.53 Å². The summed E-state index contributed by atoms with van der Waals surface area (Å²) >= 11 is 1.75. The van der Waals surface area contributed by atoms with Gasteiger partial charge in [0.25, 0.3) is 5.91 Å². The van der Waals surface area contributed by atoms with Gasteiger partial charge in [-0.15, -0.1) is 11.3 Å². The number of para-hydroxylation sites is 1. The summed E-state index contributed by atoms with van der Waals surface area (Å²) < 4.78 is 5.69. The average Bonchev–Trinajstić information content (AvgIpc) is 3.21. The number of nitriles is 1. The number of rotatable bonds is 4. The first-order valence-electron chi connectivity index (χ1n) is 8.80. The van der Waals surface area contributed by atoms with Gasteiger partial charge in [0.1, 0.15) is 11.8 Å². The fourth-order valence-electron chi connectivity index (χ4n) is 3.49. The smallest absolute Gasteiger partial charge is 0.261 e. The summed E-state index contributed by atoms with van der Waals surface area (Å²) in [5, 5.41) is 11.3. The van der Waals surface area contributed by atoms with Crippen LogP contribution in [0.25, 0.3) is 0 Å². The second-order valence-corrected chi connectivity index (χ2v) is 7.35. The molecule has 27 heavy (non-hydrogen) atoms. The molecule has 0 unspecified atom stereocenters. The maximum Gasteiger partial charge on any atom is 0.261 e. The molecule has 0 saturated carbocycles. The van der Waals surface area contributed by atoms with Gasteiger partial charge in [-0.05, 0) is 41.1 Å². The zero-order chi connectivity index (χ0) is 18.6. The summed E-state index contributed by atoms with van der Waals surface area (Å²) in [5.41, 5.74) is 2.73. The minimum absolute atomic E-state index is 0.0755. The van der Waals surface area contributed by atoms with Gasteiger partial charge in [-0.3, -0.25) is 4.79 Å². The monoisotopic (exact) mass is 374 g/mol. The van der Waals surface area contributed by atoms with Gasteiger partial charge in [0, 0.05) is 11.4 Å². The van der Waals surface area contributed by atoms with Crippen molar-refractivity contribution in [1.82, 2.24) is 4.90 Å². The van der Waals surface area contributed by atoms with Crippen molar-refractivity contribution >= 4 is 17.2 Å². The van der Waals surface area contributed by atoms with Gasteiger partial charge in [0.05, 0.1) is 11.6 Å². The Morgan fingerprint density at radius 3 is 2.74 bits per heavy atom. The number of hydrogen-bond donors (Lipinski definition) is 0. The van der Waals surface area contributed by atoms with Crippen LogP contribution >= 0.6 is 11.3 Å². The number of carbonyl (C=O) groups excluding carboxylic acids is 1. The number of thiophene rings is 1. The van der Waals surface area contributed by atoms with Crippen LogP contribution in [0.15, 0.2) is 66.0 Å². The molecule has 1 aliphatic heterocycles. The van der Waals surface area contributed by atoms with E-state index in [0.717, 1.165) is 12.0 Å². The normalized spacial score (nSPS) is 15.7. The highest BCUT2D eigenvalue weighted by Gasteiger charge is 2.32. The zero-order valence-electron chi connectivity index (χ0n) is 14.7. The number of hydrogen-bond acceptors (Lipinski definition) is 4. The van der Waals surface area contributed by atoms with Crippen LogP contribution in [-0.2, 0) is 11.2 Å². The van der Waals surface area contributed by atoms with Gasteiger partial charge in [0.2, 0.25) is 0 Å². The molecule has 134 valence electrons. The average molecular weight is 374 g/mol. The van der Waals surface area contributed by atoms with Gasteiger partial charge in [-0.1, -0.05) is 42.5 Å². The van der Waals surface area contributed by atoms with Crippen molar-refractivity contribution in [3.63, 3.8) is 0 Å². The Morgan fingerprint density at radius 1 is 1.15 bits per heavy atom. The van der Waals surface area contributed by atoms with Gasteiger partial charge >= 0.3 is 0 Å². The first kappa shape index (κ1) is 17.3. The number of fused-ring (bicyclic) bond motifs is 1. The van der Waals surface area contributed by atoms with Crippen molar-refractivity contribution in [2.24, 2.45) is 0 Å². The van der Waals surface area contributed by atoms with Crippen LogP contribution in [0, 0.1) is 11.3 Å². The molecule has 0 N–H and O–H groups in total. The van der Waals surface area contributed by atoms with E-state index in [4.69, 9.17) is 4.74 Å². The summed E-state index contributed by atoms with van der Waals surface area (Å²) in [4.78, 5) is 16.2. The van der Waals surface area contributed by atoms with Crippen molar-refractivity contribution in [3.8, 4) is 11.8 Å². The Bertz CT molecular complexity index is 991. The van der Waals surface area contributed by atoms with E-state index in [1.807, 2.05) is 23.1 Å². The van der Waals surface area contributed by atoms with Crippen LogP contribution in [0.3, 0.4) is 0 Å². The van der Waals surface area contributed by atoms with E-state index >= 15 is 0 Å². The van der Waals surface area contributed by atoms with Crippen LogP contribution in [0.4, 0.5) is 0 Å². The molecule has 1 aliphatic rings. The van der Waals surface area contributed by atoms with Crippen molar-refractivity contribution in [3.05, 3.63) is 87.6 Å². The fourth-order valence-corrected chi connectivity index (χ4v) is 4.39. The first-order chi connectivity index (χ1) is 13.3. The molecule has 5 heteroatoms. The molecule has 4 nitrogen and oxygen atoms in total. The van der Waals surface area contributed by atoms with Gasteiger partial charge < -0.3 is 9.64 Å². The Hall–Kier alpha value is -3.10. The van der Waals surface area contributed by atoms with E-state index in [1.165, 1.54) is 10.4 Å². The van der Waals surface area contributed by atoms with Crippen molar-refractivity contribution in [2.45, 2.75) is 12.5 Å². The number of carbonyl (C=O) groups is 1. The molecule has 0 saturated heterocycles. The minimum Gasteiger partial charge on any atom is -0.482 e. The summed E-state index contributed by atoms with van der Waals surface area (Å²) in [6.07, 6.45) is 0.858. The Kier molecular flexibility index (Phi) is 4.91. The molecule has 0 aliphatic carbocycles. The van der Waals surface area contributed by atoms with Crippen LogP contribution < -0.4 is 4.74 Å². The quantitative estimate of drug-likeness (QED) is 0.689. The zero-order valence-corrected chi connectivity index (χ0v) is 15.5. The second-order valence-electron chi connectivity index (χ2n) is 6.35. The van der Waals surface area contributed by atoms with E-state index in [1.54, 1.807) is 35.6 Å². The Labute approximate surface area is 162 Å². The predicted molar refractivity (Wildman–Crippen MR) is 105 cm³/mol. The number of nitrogens with zero attached hydrogens (tertiary/aromatic N) is 2. The molecule has 0 spiro atoms.